The average Bonchev–Trinajstić information content (AvgIpc) is 2.80. The van der Waals surface area contributed by atoms with Crippen LogP contribution in [0.5, 0.6) is 0 Å². The predicted octanol–water partition coefficient (Wildman–Crippen LogP) is 2.68. The van der Waals surface area contributed by atoms with Crippen LogP contribution in [0, 0.1) is 11.6 Å². The van der Waals surface area contributed by atoms with Crippen LogP contribution in [0.4, 0.5) is 8.78 Å². The van der Waals surface area contributed by atoms with Gasteiger partial charge in [0.1, 0.15) is 0 Å². The van der Waals surface area contributed by atoms with Gasteiger partial charge in [0.2, 0.25) is 0 Å². The summed E-state index contributed by atoms with van der Waals surface area (Å²) in [5, 5.41) is 0. The van der Waals surface area contributed by atoms with Crippen molar-refractivity contribution in [2.24, 2.45) is 5.73 Å². The van der Waals surface area contributed by atoms with Gasteiger partial charge in [0, 0.05) is 11.1 Å². The van der Waals surface area contributed by atoms with Gasteiger partial charge < -0.3 is 5.73 Å². The van der Waals surface area contributed by atoms with E-state index in [1.54, 1.807) is 0 Å². The summed E-state index contributed by atoms with van der Waals surface area (Å²) in [7, 11) is 0. The normalized spacial score (nSPS) is 18.8. The minimum absolute atomic E-state index is 0.137. The summed E-state index contributed by atoms with van der Waals surface area (Å²) in [4.78, 5) is 0. The van der Waals surface area contributed by atoms with Crippen LogP contribution in [0.2, 0.25) is 0 Å². The van der Waals surface area contributed by atoms with Crippen LogP contribution in [0.3, 0.4) is 0 Å². The molecule has 1 aliphatic rings. The lowest BCUT2D eigenvalue weighted by molar-refractivity contribution is 0.482. The zero-order chi connectivity index (χ0) is 9.64. The molecule has 0 unspecified atom stereocenters. The van der Waals surface area contributed by atoms with Gasteiger partial charge in [-0.15, -0.1) is 0 Å². The van der Waals surface area contributed by atoms with Crippen molar-refractivity contribution in [3.05, 3.63) is 33.8 Å². The van der Waals surface area contributed by atoms with E-state index in [-0.39, 0.29) is 10.0 Å². The standard InChI is InChI=1S/C9H8BrF2N/c10-6-2-1-5(7(11)8(6)12)9(13)3-4-9/h1-2H,3-4,13H2. The molecule has 0 atom stereocenters. The van der Waals surface area contributed by atoms with Crippen LogP contribution < -0.4 is 5.73 Å². The Morgan fingerprint density at radius 1 is 1.23 bits per heavy atom. The predicted molar refractivity (Wildman–Crippen MR) is 49.2 cm³/mol. The van der Waals surface area contributed by atoms with E-state index < -0.39 is 17.2 Å². The fourth-order valence-corrected chi connectivity index (χ4v) is 1.62. The Labute approximate surface area is 83.1 Å². The van der Waals surface area contributed by atoms with Crippen LogP contribution in [-0.2, 0) is 5.54 Å². The zero-order valence-corrected chi connectivity index (χ0v) is 8.37. The smallest absolute Gasteiger partial charge is 0.173 e. The topological polar surface area (TPSA) is 26.0 Å². The number of halogens is 3. The van der Waals surface area contributed by atoms with Crippen molar-refractivity contribution < 1.29 is 8.78 Å². The van der Waals surface area contributed by atoms with Crippen molar-refractivity contribution in [3.63, 3.8) is 0 Å². The van der Waals surface area contributed by atoms with Crippen LogP contribution in [0.25, 0.3) is 0 Å². The van der Waals surface area contributed by atoms with Crippen molar-refractivity contribution >= 4 is 15.9 Å². The molecular weight excluding hydrogens is 240 g/mol. The van der Waals surface area contributed by atoms with E-state index in [1.807, 2.05) is 0 Å². The highest BCUT2D eigenvalue weighted by Gasteiger charge is 2.42. The van der Waals surface area contributed by atoms with E-state index in [1.165, 1.54) is 12.1 Å². The molecule has 0 spiro atoms. The molecular formula is C9H8BrF2N. The molecule has 4 heteroatoms. The first-order chi connectivity index (χ1) is 6.04. The Morgan fingerprint density at radius 2 is 1.85 bits per heavy atom. The van der Waals surface area contributed by atoms with Gasteiger partial charge in [0.05, 0.1) is 4.47 Å². The average molecular weight is 248 g/mol. The van der Waals surface area contributed by atoms with Crippen molar-refractivity contribution in [1.29, 1.82) is 0 Å². The lowest BCUT2D eigenvalue weighted by Gasteiger charge is -2.10. The van der Waals surface area contributed by atoms with Crippen molar-refractivity contribution in [3.8, 4) is 0 Å². The second-order valence-corrected chi connectivity index (χ2v) is 4.23. The molecule has 1 fully saturated rings. The molecule has 0 bridgehead atoms. The number of benzene rings is 1. The Kier molecular flexibility index (Phi) is 1.92. The van der Waals surface area contributed by atoms with Crippen LogP contribution in [-0.4, -0.2) is 0 Å². The molecule has 70 valence electrons. The second kappa shape index (κ2) is 2.75. The first-order valence-electron chi connectivity index (χ1n) is 3.97. The van der Waals surface area contributed by atoms with Gasteiger partial charge in [-0.2, -0.15) is 0 Å². The van der Waals surface area contributed by atoms with Gasteiger partial charge in [0.15, 0.2) is 11.6 Å². The molecule has 1 aromatic rings. The van der Waals surface area contributed by atoms with E-state index in [9.17, 15) is 8.78 Å². The van der Waals surface area contributed by atoms with E-state index in [4.69, 9.17) is 5.73 Å². The summed E-state index contributed by atoms with van der Waals surface area (Å²) in [6, 6.07) is 3.02. The summed E-state index contributed by atoms with van der Waals surface area (Å²) in [6.45, 7) is 0. The lowest BCUT2D eigenvalue weighted by atomic mass is 10.1. The van der Waals surface area contributed by atoms with Gasteiger partial charge in [-0.05, 0) is 34.8 Å². The summed E-state index contributed by atoms with van der Waals surface area (Å²) >= 11 is 2.91. The Bertz CT molecular complexity index is 361. The molecule has 1 saturated carbocycles. The fraction of sp³-hybridized carbons (Fsp3) is 0.333. The molecule has 1 aromatic carbocycles. The van der Waals surface area contributed by atoms with Crippen molar-refractivity contribution in [2.45, 2.75) is 18.4 Å². The maximum absolute atomic E-state index is 13.3. The Balaban J connectivity index is 2.54. The lowest BCUT2D eigenvalue weighted by Crippen LogP contribution is -2.21. The summed E-state index contributed by atoms with van der Waals surface area (Å²) in [5.41, 5.74) is 5.43. The van der Waals surface area contributed by atoms with Gasteiger partial charge in [-0.25, -0.2) is 8.78 Å². The molecule has 0 heterocycles. The van der Waals surface area contributed by atoms with E-state index in [2.05, 4.69) is 15.9 Å². The highest BCUT2D eigenvalue weighted by atomic mass is 79.9. The molecule has 1 nitrogen and oxygen atoms in total. The first-order valence-corrected chi connectivity index (χ1v) is 4.77. The van der Waals surface area contributed by atoms with Gasteiger partial charge in [-0.3, -0.25) is 0 Å². The monoisotopic (exact) mass is 247 g/mol. The van der Waals surface area contributed by atoms with Crippen LogP contribution >= 0.6 is 15.9 Å². The molecule has 0 radical (unpaired) electrons. The van der Waals surface area contributed by atoms with Crippen molar-refractivity contribution in [1.82, 2.24) is 0 Å². The van der Waals surface area contributed by atoms with Gasteiger partial charge >= 0.3 is 0 Å². The SMILES string of the molecule is NC1(c2ccc(Br)c(F)c2F)CC1. The molecule has 2 N–H and O–H groups in total. The molecule has 2 rings (SSSR count). The molecule has 0 amide bonds. The minimum atomic E-state index is -0.853. The molecule has 0 saturated heterocycles. The van der Waals surface area contributed by atoms with Crippen LogP contribution in [0.1, 0.15) is 18.4 Å². The maximum atomic E-state index is 13.3. The van der Waals surface area contributed by atoms with E-state index in [0.717, 1.165) is 12.8 Å². The Morgan fingerprint density at radius 3 is 2.38 bits per heavy atom. The van der Waals surface area contributed by atoms with Gasteiger partial charge in [-0.1, -0.05) is 6.07 Å². The quantitative estimate of drug-likeness (QED) is 0.759. The number of hydrogen-bond acceptors (Lipinski definition) is 1. The van der Waals surface area contributed by atoms with E-state index in [0.29, 0.717) is 0 Å². The minimum Gasteiger partial charge on any atom is -0.321 e. The van der Waals surface area contributed by atoms with Gasteiger partial charge in [0.25, 0.3) is 0 Å². The Hall–Kier alpha value is -0.480. The number of hydrogen-bond donors (Lipinski definition) is 1. The molecule has 13 heavy (non-hydrogen) atoms. The third-order valence-electron chi connectivity index (χ3n) is 2.36. The third-order valence-corrected chi connectivity index (χ3v) is 2.97. The molecule has 0 aromatic heterocycles. The molecule has 0 aliphatic heterocycles. The summed E-state index contributed by atoms with van der Waals surface area (Å²) < 4.78 is 26.5. The van der Waals surface area contributed by atoms with E-state index >= 15 is 0 Å². The maximum Gasteiger partial charge on any atom is 0.173 e. The summed E-state index contributed by atoms with van der Waals surface area (Å²) in [6.07, 6.45) is 1.45. The molecule has 1 aliphatic carbocycles. The van der Waals surface area contributed by atoms with Crippen molar-refractivity contribution in [2.75, 3.05) is 0 Å². The number of rotatable bonds is 1. The van der Waals surface area contributed by atoms with Crippen LogP contribution in [0.15, 0.2) is 16.6 Å². The fourth-order valence-electron chi connectivity index (χ4n) is 1.31. The zero-order valence-electron chi connectivity index (χ0n) is 6.78. The number of nitrogens with two attached hydrogens (primary N) is 1. The highest BCUT2D eigenvalue weighted by molar-refractivity contribution is 9.10. The highest BCUT2D eigenvalue weighted by Crippen LogP contribution is 2.44. The third kappa shape index (κ3) is 1.38. The first kappa shape index (κ1) is 9.09. The second-order valence-electron chi connectivity index (χ2n) is 3.38. The summed E-state index contributed by atoms with van der Waals surface area (Å²) in [5.74, 6) is -1.68. The largest absolute Gasteiger partial charge is 0.321 e.